The molecule has 0 N–H and O–H groups in total. The molecular weight excluding hydrogens is 386 g/mol. The van der Waals surface area contributed by atoms with Crippen LogP contribution in [-0.2, 0) is 24.0 Å². The van der Waals surface area contributed by atoms with Crippen LogP contribution in [0.5, 0.6) is 0 Å². The molecule has 0 spiro atoms. The summed E-state index contributed by atoms with van der Waals surface area (Å²) in [5, 5.41) is 1.28. The van der Waals surface area contributed by atoms with Crippen LogP contribution in [0.1, 0.15) is 32.6 Å². The number of nitrogens with zero attached hydrogens (tertiary/aromatic N) is 2. The summed E-state index contributed by atoms with van der Waals surface area (Å²) in [6.45, 7) is 1.01. The Morgan fingerprint density at radius 3 is 2.41 bits per heavy atom. The van der Waals surface area contributed by atoms with Crippen LogP contribution in [0.25, 0.3) is 0 Å². The number of hydrogen-bond acceptors (Lipinski definition) is 6. The molecule has 2 atom stereocenters. The van der Waals surface area contributed by atoms with E-state index < -0.39 is 36.5 Å². The number of likely N-dealkylation sites (tertiary alicyclic amines) is 1. The third-order valence-corrected chi connectivity index (χ3v) is 6.77. The lowest BCUT2D eigenvalue weighted by Crippen LogP contribution is -2.60. The summed E-state index contributed by atoms with van der Waals surface area (Å²) in [4.78, 5) is 37.7. The van der Waals surface area contributed by atoms with Crippen LogP contribution in [-0.4, -0.2) is 61.3 Å². The van der Waals surface area contributed by atoms with Crippen molar-refractivity contribution in [3.05, 3.63) is 23.5 Å². The number of carbonyl (C=O) groups is 2. The molecule has 2 unspecified atom stereocenters. The largest absolute Gasteiger partial charge is 0.466 e. The number of methoxy groups -OCH3 is 1. The number of esters is 1. The van der Waals surface area contributed by atoms with Crippen molar-refractivity contribution < 1.29 is 32.8 Å². The Hall–Kier alpha value is -2.00. The number of fused-ring (bicyclic) bond motifs is 1. The maximum Gasteiger partial charge on any atom is 0.334 e. The molecule has 9 heteroatoms. The molecule has 1 amide bonds. The Labute approximate surface area is 168 Å². The highest BCUT2D eigenvalue weighted by Crippen LogP contribution is 2.53. The molecule has 2 aliphatic heterocycles. The lowest BCUT2D eigenvalue weighted by atomic mass is 9.60. The van der Waals surface area contributed by atoms with E-state index in [9.17, 15) is 18.4 Å². The lowest BCUT2D eigenvalue weighted by Gasteiger charge is -2.46. The first kappa shape index (κ1) is 20.3. The number of allylic oxidation sites excluding steroid dienone is 2. The Kier molecular flexibility index (Phi) is 4.93. The van der Waals surface area contributed by atoms with Crippen LogP contribution < -0.4 is 0 Å². The van der Waals surface area contributed by atoms with Crippen LogP contribution in [0.15, 0.2) is 23.5 Å². The van der Waals surface area contributed by atoms with Gasteiger partial charge in [0.2, 0.25) is 5.91 Å². The Morgan fingerprint density at radius 1 is 1.17 bits per heavy atom. The van der Waals surface area contributed by atoms with Crippen molar-refractivity contribution in [2.75, 3.05) is 27.2 Å². The molecule has 2 saturated heterocycles. The number of hydroxylamine groups is 2. The van der Waals surface area contributed by atoms with Crippen LogP contribution in [0, 0.1) is 17.3 Å². The monoisotopic (exact) mass is 412 g/mol. The zero-order valence-electron chi connectivity index (χ0n) is 16.8. The van der Waals surface area contributed by atoms with Crippen LogP contribution >= 0.6 is 0 Å². The molecule has 0 radical (unpaired) electrons. The third-order valence-electron chi connectivity index (χ3n) is 6.77. The zero-order valence-corrected chi connectivity index (χ0v) is 16.8. The summed E-state index contributed by atoms with van der Waals surface area (Å²) < 4.78 is 31.2. The molecule has 0 bridgehead atoms. The van der Waals surface area contributed by atoms with E-state index in [-0.39, 0.29) is 17.7 Å². The topological polar surface area (TPSA) is 68.3 Å². The van der Waals surface area contributed by atoms with E-state index in [2.05, 4.69) is 0 Å². The molecule has 0 aromatic heterocycles. The highest BCUT2D eigenvalue weighted by Gasteiger charge is 2.56. The Morgan fingerprint density at radius 2 is 1.83 bits per heavy atom. The van der Waals surface area contributed by atoms with E-state index in [1.54, 1.807) is 19.2 Å². The predicted octanol–water partition coefficient (Wildman–Crippen LogP) is 2.45. The molecule has 4 rings (SSSR count). The smallest absolute Gasteiger partial charge is 0.334 e. The summed E-state index contributed by atoms with van der Waals surface area (Å²) in [6.07, 6.45) is 5.54. The minimum absolute atomic E-state index is 0.0542. The van der Waals surface area contributed by atoms with Gasteiger partial charge in [0.05, 0.1) is 27.2 Å². The lowest BCUT2D eigenvalue weighted by molar-refractivity contribution is -0.293. The van der Waals surface area contributed by atoms with Gasteiger partial charge in [0, 0.05) is 16.9 Å². The minimum Gasteiger partial charge on any atom is -0.466 e. The van der Waals surface area contributed by atoms with Gasteiger partial charge in [-0.3, -0.25) is 9.63 Å². The van der Waals surface area contributed by atoms with Crippen molar-refractivity contribution in [2.45, 2.75) is 44.6 Å². The van der Waals surface area contributed by atoms with Crippen molar-refractivity contribution in [2.24, 2.45) is 17.3 Å². The van der Waals surface area contributed by atoms with Crippen molar-refractivity contribution in [1.82, 2.24) is 10.1 Å². The molecule has 2 aliphatic carbocycles. The average Bonchev–Trinajstić information content (AvgIpc) is 3.07. The normalized spacial score (nSPS) is 36.3. The number of ether oxygens (including phenoxy) is 1. The summed E-state index contributed by atoms with van der Waals surface area (Å²) >= 11 is 0. The van der Waals surface area contributed by atoms with Crippen LogP contribution in [0.3, 0.4) is 0 Å². The minimum atomic E-state index is -2.75. The van der Waals surface area contributed by atoms with Crippen molar-refractivity contribution in [1.29, 1.82) is 0 Å². The van der Waals surface area contributed by atoms with Crippen LogP contribution in [0.4, 0.5) is 8.78 Å². The number of carbonyl (C=O) groups excluding carboxylic acids is 2. The first-order chi connectivity index (χ1) is 13.7. The van der Waals surface area contributed by atoms with Crippen LogP contribution in [0.2, 0.25) is 0 Å². The molecule has 160 valence electrons. The van der Waals surface area contributed by atoms with E-state index in [0.717, 1.165) is 0 Å². The average molecular weight is 412 g/mol. The number of hydrogen-bond donors (Lipinski definition) is 0. The summed E-state index contributed by atoms with van der Waals surface area (Å²) in [7, 11) is 3.00. The van der Waals surface area contributed by atoms with Gasteiger partial charge in [-0.15, -0.1) is 0 Å². The second-order valence-corrected chi connectivity index (χ2v) is 8.54. The molecule has 7 nitrogen and oxygen atoms in total. The third kappa shape index (κ3) is 3.34. The number of amides is 1. The molecule has 3 fully saturated rings. The van der Waals surface area contributed by atoms with Crippen molar-refractivity contribution in [3.8, 4) is 0 Å². The molecule has 4 aliphatic rings. The van der Waals surface area contributed by atoms with Gasteiger partial charge in [0.25, 0.3) is 5.92 Å². The van der Waals surface area contributed by atoms with Gasteiger partial charge in [-0.1, -0.05) is 6.92 Å². The Balaban J connectivity index is 1.49. The fraction of sp³-hybridized carbons (Fsp3) is 0.700. The van der Waals surface area contributed by atoms with E-state index in [4.69, 9.17) is 14.4 Å². The summed E-state index contributed by atoms with van der Waals surface area (Å²) in [5.41, 5.74) is -0.162. The molecular formula is C20H26F2N2O5. The zero-order chi connectivity index (χ0) is 21.0. The van der Waals surface area contributed by atoms with Gasteiger partial charge in [-0.2, -0.15) is 0 Å². The fourth-order valence-corrected chi connectivity index (χ4v) is 5.13. The van der Waals surface area contributed by atoms with Gasteiger partial charge in [0.15, 0.2) is 11.9 Å². The molecule has 29 heavy (non-hydrogen) atoms. The molecule has 0 aromatic rings. The summed E-state index contributed by atoms with van der Waals surface area (Å²) in [6, 6.07) is 0. The maximum atomic E-state index is 13.1. The molecule has 2 heterocycles. The fourth-order valence-electron chi connectivity index (χ4n) is 5.13. The molecule has 0 aromatic carbocycles. The van der Waals surface area contributed by atoms with Crippen molar-refractivity contribution in [3.63, 3.8) is 0 Å². The second kappa shape index (κ2) is 7.05. The highest BCUT2D eigenvalue weighted by atomic mass is 19.3. The van der Waals surface area contributed by atoms with E-state index >= 15 is 0 Å². The Bertz CT molecular complexity index is 767. The van der Waals surface area contributed by atoms with Gasteiger partial charge >= 0.3 is 5.97 Å². The number of halogens is 2. The molecule has 1 saturated carbocycles. The standard InChI is InChI=1S/C20H26F2N2O5/c1-19(14(18(26)27-3)8-9-15-16(19)29-23(2)28-15)13-6-4-12(5-7-13)17(25)24-10-20(21,22)11-24/h8-9,12-13,16H,4-7,10-11H2,1-3H3. The first-order valence-corrected chi connectivity index (χ1v) is 9.91. The van der Waals surface area contributed by atoms with Gasteiger partial charge in [0.1, 0.15) is 0 Å². The van der Waals surface area contributed by atoms with Gasteiger partial charge in [-0.05, 0) is 49.0 Å². The quantitative estimate of drug-likeness (QED) is 0.664. The highest BCUT2D eigenvalue weighted by molar-refractivity contribution is 5.91. The number of alkyl halides is 2. The van der Waals surface area contributed by atoms with Gasteiger partial charge < -0.3 is 14.5 Å². The van der Waals surface area contributed by atoms with E-state index in [1.165, 1.54) is 17.2 Å². The van der Waals surface area contributed by atoms with Crippen molar-refractivity contribution >= 4 is 11.9 Å². The SMILES string of the molecule is COC(=O)C1=CC=C2ON(C)OC2C1(C)C1CCC(C(=O)N2CC(F)(F)C2)CC1. The number of rotatable bonds is 3. The van der Waals surface area contributed by atoms with E-state index in [1.807, 2.05) is 6.92 Å². The second-order valence-electron chi connectivity index (χ2n) is 8.54. The van der Waals surface area contributed by atoms with Gasteiger partial charge in [-0.25, -0.2) is 13.6 Å². The van der Waals surface area contributed by atoms with E-state index in [0.29, 0.717) is 37.0 Å². The first-order valence-electron chi connectivity index (χ1n) is 9.91. The summed E-state index contributed by atoms with van der Waals surface area (Å²) in [5.74, 6) is -2.92. The maximum absolute atomic E-state index is 13.1. The predicted molar refractivity (Wildman–Crippen MR) is 97.0 cm³/mol.